The number of anilines is 1. The van der Waals surface area contributed by atoms with E-state index in [0.717, 1.165) is 31.4 Å². The average Bonchev–Trinajstić information content (AvgIpc) is 3.09. The monoisotopic (exact) mass is 427 g/mol. The molecule has 1 saturated heterocycles. The summed E-state index contributed by atoms with van der Waals surface area (Å²) in [6.07, 6.45) is 3.61. The van der Waals surface area contributed by atoms with Crippen molar-refractivity contribution >= 4 is 27.5 Å². The molecule has 2 aromatic carbocycles. The van der Waals surface area contributed by atoms with Gasteiger partial charge in [0.05, 0.1) is 5.69 Å². The van der Waals surface area contributed by atoms with Crippen molar-refractivity contribution in [1.29, 1.82) is 0 Å². The number of carbonyl (C=O) groups is 1. The lowest BCUT2D eigenvalue weighted by Gasteiger charge is -2.29. The van der Waals surface area contributed by atoms with Crippen LogP contribution in [0.2, 0.25) is 0 Å². The van der Waals surface area contributed by atoms with Gasteiger partial charge in [-0.25, -0.2) is 0 Å². The topological polar surface area (TPSA) is 97.3 Å². The number of sulfonamides is 1. The van der Waals surface area contributed by atoms with E-state index in [1.165, 1.54) is 6.07 Å². The summed E-state index contributed by atoms with van der Waals surface area (Å²) in [6.45, 7) is 1.21. The van der Waals surface area contributed by atoms with E-state index in [4.69, 9.17) is 9.47 Å². The number of ether oxygens (including phenoxy) is 2. The summed E-state index contributed by atoms with van der Waals surface area (Å²) in [5, 5.41) is 2.83. The Balaban J connectivity index is 1.37. The van der Waals surface area contributed by atoms with E-state index in [1.54, 1.807) is 18.2 Å². The maximum atomic E-state index is 12.7. The van der Waals surface area contributed by atoms with Crippen molar-refractivity contribution < 1.29 is 22.7 Å². The van der Waals surface area contributed by atoms with Crippen LogP contribution >= 0.6 is 0 Å². The highest BCUT2D eigenvalue weighted by Gasteiger charge is 2.32. The summed E-state index contributed by atoms with van der Waals surface area (Å²) in [5.41, 5.74) is 1.75. The van der Waals surface area contributed by atoms with Crippen LogP contribution in [0.3, 0.4) is 0 Å². The molecule has 0 radical (unpaired) electrons. The zero-order chi connectivity index (χ0) is 20.7. The summed E-state index contributed by atoms with van der Waals surface area (Å²) >= 11 is 0. The fraction of sp³-hybridized carbons (Fsp3) is 0.333. The maximum absolute atomic E-state index is 12.7. The molecule has 0 bridgehead atoms. The number of benzene rings is 2. The first kappa shape index (κ1) is 18.9. The fourth-order valence-electron chi connectivity index (χ4n) is 3.96. The van der Waals surface area contributed by atoms with Gasteiger partial charge in [-0.3, -0.25) is 4.79 Å². The second kappa shape index (κ2) is 7.32. The van der Waals surface area contributed by atoms with Gasteiger partial charge in [-0.05, 0) is 48.7 Å². The predicted octanol–water partition coefficient (Wildman–Crippen LogP) is 2.83. The number of carbonyl (C=O) groups excluding carboxylic acids is 1. The number of hydrogen-bond acceptors (Lipinski definition) is 6. The smallest absolute Gasteiger partial charge is 0.286 e. The van der Waals surface area contributed by atoms with E-state index in [0.29, 0.717) is 29.4 Å². The molecule has 5 rings (SSSR count). The molecule has 0 saturated carbocycles. The molecule has 156 valence electrons. The molecular weight excluding hydrogens is 406 g/mol. The molecule has 8 nitrogen and oxygen atoms in total. The van der Waals surface area contributed by atoms with E-state index in [1.807, 2.05) is 17.0 Å². The van der Waals surface area contributed by atoms with Crippen LogP contribution in [0, 0.1) is 0 Å². The first-order valence-electron chi connectivity index (χ1n) is 9.93. The van der Waals surface area contributed by atoms with Gasteiger partial charge in [0.25, 0.3) is 15.9 Å². The second-order valence-corrected chi connectivity index (χ2v) is 9.07. The molecule has 3 heterocycles. The average molecular weight is 427 g/mol. The third-order valence-corrected chi connectivity index (χ3v) is 6.83. The summed E-state index contributed by atoms with van der Waals surface area (Å²) in [6, 6.07) is 10.3. The van der Waals surface area contributed by atoms with Crippen LogP contribution in [0.15, 0.2) is 45.7 Å². The number of hydrogen-bond donors (Lipinski definition) is 1. The van der Waals surface area contributed by atoms with Crippen molar-refractivity contribution in [2.45, 2.75) is 37.1 Å². The molecule has 9 heteroatoms. The number of nitrogens with zero attached hydrogens (tertiary/aromatic N) is 2. The van der Waals surface area contributed by atoms with E-state index in [2.05, 4.69) is 9.71 Å². The Morgan fingerprint density at radius 3 is 2.83 bits per heavy atom. The summed E-state index contributed by atoms with van der Waals surface area (Å²) in [5.74, 6) is 1.57. The van der Waals surface area contributed by atoms with Crippen LogP contribution in [-0.2, 0) is 16.6 Å². The highest BCUT2D eigenvalue weighted by Crippen LogP contribution is 2.35. The van der Waals surface area contributed by atoms with Gasteiger partial charge in [0.1, 0.15) is 10.7 Å². The third kappa shape index (κ3) is 3.39. The van der Waals surface area contributed by atoms with Gasteiger partial charge in [0.2, 0.25) is 6.79 Å². The van der Waals surface area contributed by atoms with Crippen molar-refractivity contribution in [3.63, 3.8) is 0 Å². The Morgan fingerprint density at radius 1 is 1.07 bits per heavy atom. The molecular formula is C21H21N3O5S. The van der Waals surface area contributed by atoms with Crippen molar-refractivity contribution in [2.75, 3.05) is 18.2 Å². The molecule has 2 aromatic rings. The van der Waals surface area contributed by atoms with E-state index >= 15 is 0 Å². The maximum Gasteiger partial charge on any atom is 0.286 e. The Kier molecular flexibility index (Phi) is 4.62. The van der Waals surface area contributed by atoms with Gasteiger partial charge in [0, 0.05) is 25.1 Å². The second-order valence-electron chi connectivity index (χ2n) is 7.50. The quantitative estimate of drug-likeness (QED) is 0.809. The lowest BCUT2D eigenvalue weighted by atomic mass is 10.1. The van der Waals surface area contributed by atoms with Gasteiger partial charge in [0.15, 0.2) is 11.5 Å². The van der Waals surface area contributed by atoms with Crippen LogP contribution in [0.5, 0.6) is 11.5 Å². The van der Waals surface area contributed by atoms with Gasteiger partial charge < -0.3 is 19.7 Å². The van der Waals surface area contributed by atoms with Gasteiger partial charge in [-0.2, -0.15) is 8.42 Å². The summed E-state index contributed by atoms with van der Waals surface area (Å²) in [4.78, 5) is 14.7. The molecule has 0 spiro atoms. The number of amidine groups is 1. The predicted molar refractivity (Wildman–Crippen MR) is 111 cm³/mol. The van der Waals surface area contributed by atoms with Crippen LogP contribution in [0.4, 0.5) is 5.69 Å². The lowest BCUT2D eigenvalue weighted by Crippen LogP contribution is -2.35. The van der Waals surface area contributed by atoms with Crippen molar-refractivity contribution in [3.8, 4) is 11.5 Å². The van der Waals surface area contributed by atoms with Crippen LogP contribution in [0.25, 0.3) is 0 Å². The van der Waals surface area contributed by atoms with Crippen molar-refractivity contribution in [3.05, 3.63) is 47.5 Å². The minimum Gasteiger partial charge on any atom is -0.454 e. The Bertz CT molecular complexity index is 1160. The van der Waals surface area contributed by atoms with Gasteiger partial charge in [-0.15, -0.1) is 4.40 Å². The number of amides is 1. The van der Waals surface area contributed by atoms with Crippen molar-refractivity contribution in [1.82, 2.24) is 5.32 Å². The normalized spacial score (nSPS) is 18.7. The largest absolute Gasteiger partial charge is 0.454 e. The summed E-state index contributed by atoms with van der Waals surface area (Å²) < 4.78 is 40.1. The Labute approximate surface area is 174 Å². The van der Waals surface area contributed by atoms with Crippen LogP contribution < -0.4 is 19.7 Å². The Hall–Kier alpha value is -3.07. The number of nitrogens with one attached hydrogen (secondary N) is 1. The molecule has 30 heavy (non-hydrogen) atoms. The molecule has 0 aliphatic carbocycles. The standard InChI is InChI=1S/C21H21N3O5S/c25-21(22-12-14-5-8-17-18(10-14)29-13-28-17)15-6-7-16-19(11-15)30(26,27)23-20-4-2-1-3-9-24(16)20/h5-8,10-11H,1-4,9,12-13H2,(H,22,25). The van der Waals surface area contributed by atoms with E-state index < -0.39 is 10.0 Å². The molecule has 0 atom stereocenters. The molecule has 1 N–H and O–H groups in total. The van der Waals surface area contributed by atoms with Gasteiger partial charge in [-0.1, -0.05) is 12.5 Å². The molecule has 0 aromatic heterocycles. The summed E-state index contributed by atoms with van der Waals surface area (Å²) in [7, 11) is -3.82. The molecule has 1 fully saturated rings. The van der Waals surface area contributed by atoms with Crippen LogP contribution in [-0.4, -0.2) is 33.5 Å². The number of rotatable bonds is 3. The molecule has 3 aliphatic heterocycles. The molecule has 3 aliphatic rings. The third-order valence-electron chi connectivity index (χ3n) is 5.50. The fourth-order valence-corrected chi connectivity index (χ4v) is 5.24. The minimum atomic E-state index is -3.82. The zero-order valence-electron chi connectivity index (χ0n) is 16.3. The lowest BCUT2D eigenvalue weighted by molar-refractivity contribution is 0.0950. The van der Waals surface area contributed by atoms with E-state index in [-0.39, 0.29) is 29.7 Å². The molecule has 1 amide bonds. The van der Waals surface area contributed by atoms with E-state index in [9.17, 15) is 13.2 Å². The van der Waals surface area contributed by atoms with Crippen LogP contribution in [0.1, 0.15) is 41.6 Å². The Morgan fingerprint density at radius 2 is 1.93 bits per heavy atom. The highest BCUT2D eigenvalue weighted by molar-refractivity contribution is 7.90. The highest BCUT2D eigenvalue weighted by atomic mass is 32.2. The minimum absolute atomic E-state index is 0.0869. The first-order chi connectivity index (χ1) is 14.5. The SMILES string of the molecule is O=C(NCc1ccc2c(c1)OCO2)c1ccc2c(c1)S(=O)(=O)N=C1CCCCCN12. The van der Waals surface area contributed by atoms with Crippen molar-refractivity contribution in [2.24, 2.45) is 4.40 Å². The zero-order valence-corrected chi connectivity index (χ0v) is 17.1. The number of fused-ring (bicyclic) bond motifs is 4. The molecule has 0 unspecified atom stereocenters. The van der Waals surface area contributed by atoms with Gasteiger partial charge >= 0.3 is 0 Å². The first-order valence-corrected chi connectivity index (χ1v) is 11.4.